The molecule has 0 aliphatic carbocycles. The smallest absolute Gasteiger partial charge is 0.226 e. The zero-order valence-corrected chi connectivity index (χ0v) is 20.8. The molecule has 0 atom stereocenters. The number of amides is 1. The second-order valence-corrected chi connectivity index (χ2v) is 9.75. The summed E-state index contributed by atoms with van der Waals surface area (Å²) in [7, 11) is 0. The van der Waals surface area contributed by atoms with Crippen LogP contribution in [0.2, 0.25) is 0 Å². The van der Waals surface area contributed by atoms with Gasteiger partial charge in [0.05, 0.1) is 29.1 Å². The van der Waals surface area contributed by atoms with E-state index >= 15 is 0 Å². The van der Waals surface area contributed by atoms with Crippen LogP contribution in [0.3, 0.4) is 0 Å². The van der Waals surface area contributed by atoms with Gasteiger partial charge in [-0.1, -0.05) is 19.1 Å². The van der Waals surface area contributed by atoms with E-state index in [1.165, 1.54) is 11.8 Å². The molecule has 3 N–H and O–H groups in total. The van der Waals surface area contributed by atoms with Crippen LogP contribution in [0.1, 0.15) is 24.5 Å². The Morgan fingerprint density at radius 2 is 1.94 bits per heavy atom. The summed E-state index contributed by atoms with van der Waals surface area (Å²) in [6.45, 7) is 8.71. The number of nitrogens with two attached hydrogens (primary N) is 1. The SMILES string of the molecule is CCC(=O)N1CCN(Cc2csc3c(-c4cccc(N)c4C=N)nc(N4CCOCC4)nc23)CC1. The molecular weight excluding hydrogens is 462 g/mol. The van der Waals surface area contributed by atoms with Crippen LogP contribution in [0.4, 0.5) is 11.6 Å². The molecule has 0 spiro atoms. The molecule has 0 unspecified atom stereocenters. The summed E-state index contributed by atoms with van der Waals surface area (Å²) in [5.74, 6) is 0.912. The maximum atomic E-state index is 12.1. The Morgan fingerprint density at radius 3 is 2.66 bits per heavy atom. The first-order chi connectivity index (χ1) is 17.1. The number of hydrogen-bond acceptors (Lipinski definition) is 9. The molecule has 2 saturated heterocycles. The number of nitrogen functional groups attached to an aromatic ring is 1. The summed E-state index contributed by atoms with van der Waals surface area (Å²) in [4.78, 5) is 28.6. The van der Waals surface area contributed by atoms with Gasteiger partial charge in [0.1, 0.15) is 0 Å². The molecule has 2 aliphatic heterocycles. The molecule has 0 saturated carbocycles. The fourth-order valence-corrected chi connectivity index (χ4v) is 5.73. The van der Waals surface area contributed by atoms with Gasteiger partial charge in [0.15, 0.2) is 0 Å². The van der Waals surface area contributed by atoms with Crippen molar-refractivity contribution in [3.8, 4) is 11.3 Å². The van der Waals surface area contributed by atoms with E-state index in [0.717, 1.165) is 67.3 Å². The number of ether oxygens (including phenoxy) is 1. The number of thiophene rings is 1. The van der Waals surface area contributed by atoms with E-state index in [1.807, 2.05) is 30.0 Å². The molecule has 2 aliphatic rings. The number of benzene rings is 1. The van der Waals surface area contributed by atoms with Crippen molar-refractivity contribution in [1.29, 1.82) is 5.41 Å². The molecule has 1 aromatic carbocycles. The molecule has 9 nitrogen and oxygen atoms in total. The zero-order chi connectivity index (χ0) is 24.4. The van der Waals surface area contributed by atoms with Crippen molar-refractivity contribution in [3.05, 3.63) is 34.7 Å². The van der Waals surface area contributed by atoms with Gasteiger partial charge < -0.3 is 25.7 Å². The van der Waals surface area contributed by atoms with Gasteiger partial charge in [0.25, 0.3) is 0 Å². The Hall–Kier alpha value is -3.08. The third kappa shape index (κ3) is 4.73. The number of rotatable bonds is 6. The Morgan fingerprint density at radius 1 is 1.17 bits per heavy atom. The number of nitrogens with one attached hydrogen (secondary N) is 1. The number of piperazine rings is 1. The van der Waals surface area contributed by atoms with Crippen molar-refractivity contribution < 1.29 is 9.53 Å². The van der Waals surface area contributed by atoms with Crippen LogP contribution in [-0.4, -0.2) is 84.4 Å². The van der Waals surface area contributed by atoms with Crippen LogP contribution in [0, 0.1) is 5.41 Å². The van der Waals surface area contributed by atoms with Crippen LogP contribution < -0.4 is 10.6 Å². The van der Waals surface area contributed by atoms with Crippen LogP contribution in [-0.2, 0) is 16.1 Å². The number of carbonyl (C=O) groups excluding carboxylic acids is 1. The number of anilines is 2. The second kappa shape index (κ2) is 10.3. The van der Waals surface area contributed by atoms with Crippen molar-refractivity contribution in [3.63, 3.8) is 0 Å². The van der Waals surface area contributed by atoms with Crippen LogP contribution in [0.15, 0.2) is 23.6 Å². The van der Waals surface area contributed by atoms with Gasteiger partial charge in [-0.25, -0.2) is 9.97 Å². The third-order valence-corrected chi connectivity index (χ3v) is 7.76. The lowest BCUT2D eigenvalue weighted by Gasteiger charge is -2.34. The van der Waals surface area contributed by atoms with E-state index in [-0.39, 0.29) is 5.91 Å². The molecule has 0 bridgehead atoms. The number of carbonyl (C=O) groups is 1. The molecular formula is C25H31N7O2S. The minimum atomic E-state index is 0.224. The maximum Gasteiger partial charge on any atom is 0.226 e. The first kappa shape index (κ1) is 23.7. The van der Waals surface area contributed by atoms with Crippen molar-refractivity contribution in [2.24, 2.45) is 0 Å². The quantitative estimate of drug-likeness (QED) is 0.401. The van der Waals surface area contributed by atoms with Crippen molar-refractivity contribution in [1.82, 2.24) is 19.8 Å². The van der Waals surface area contributed by atoms with E-state index in [9.17, 15) is 4.79 Å². The second-order valence-electron chi connectivity index (χ2n) is 8.87. The topological polar surface area (TPSA) is 112 Å². The van der Waals surface area contributed by atoms with Gasteiger partial charge in [0, 0.05) is 80.8 Å². The van der Waals surface area contributed by atoms with E-state index in [0.29, 0.717) is 36.8 Å². The lowest BCUT2D eigenvalue weighted by molar-refractivity contribution is -0.132. The van der Waals surface area contributed by atoms with E-state index in [4.69, 9.17) is 25.8 Å². The molecule has 3 aromatic rings. The highest BCUT2D eigenvalue weighted by molar-refractivity contribution is 7.17. The monoisotopic (exact) mass is 493 g/mol. The summed E-state index contributed by atoms with van der Waals surface area (Å²) in [6, 6.07) is 5.70. The molecule has 184 valence electrons. The van der Waals surface area contributed by atoms with E-state index < -0.39 is 0 Å². The number of aromatic nitrogens is 2. The molecule has 10 heteroatoms. The largest absolute Gasteiger partial charge is 0.398 e. The Labute approximate surface area is 209 Å². The highest BCUT2D eigenvalue weighted by Crippen LogP contribution is 2.37. The van der Waals surface area contributed by atoms with Crippen LogP contribution in [0.5, 0.6) is 0 Å². The van der Waals surface area contributed by atoms with Gasteiger partial charge in [-0.2, -0.15) is 0 Å². The van der Waals surface area contributed by atoms with E-state index in [2.05, 4.69) is 15.2 Å². The summed E-state index contributed by atoms with van der Waals surface area (Å²) in [5.41, 5.74) is 11.2. The highest BCUT2D eigenvalue weighted by atomic mass is 32.1. The summed E-state index contributed by atoms with van der Waals surface area (Å²) < 4.78 is 6.55. The van der Waals surface area contributed by atoms with Gasteiger partial charge in [-0.15, -0.1) is 11.3 Å². The first-order valence-electron chi connectivity index (χ1n) is 12.1. The molecule has 2 aromatic heterocycles. The normalized spacial score (nSPS) is 17.2. The number of hydrogen-bond donors (Lipinski definition) is 2. The molecule has 4 heterocycles. The highest BCUT2D eigenvalue weighted by Gasteiger charge is 2.24. The zero-order valence-electron chi connectivity index (χ0n) is 20.0. The third-order valence-electron chi connectivity index (χ3n) is 6.73. The Bertz CT molecular complexity index is 1230. The average Bonchev–Trinajstić information content (AvgIpc) is 3.31. The fraction of sp³-hybridized carbons (Fsp3) is 0.440. The number of nitrogens with zero attached hydrogens (tertiary/aromatic N) is 5. The standard InChI is InChI=1S/C25H31N7O2S/c1-2-21(33)31-8-6-30(7-9-31)15-17-16-35-24-22(17)28-25(32-10-12-34-13-11-32)29-23(24)18-4-3-5-20(27)19(18)14-26/h3-5,14,16,26H,2,6-13,15,27H2,1H3. The molecule has 0 radical (unpaired) electrons. The summed E-state index contributed by atoms with van der Waals surface area (Å²) in [6.07, 6.45) is 1.86. The molecule has 5 rings (SSSR count). The van der Waals surface area contributed by atoms with Gasteiger partial charge >= 0.3 is 0 Å². The number of morpholine rings is 1. The minimum Gasteiger partial charge on any atom is -0.398 e. The predicted molar refractivity (Wildman–Crippen MR) is 140 cm³/mol. The van der Waals surface area contributed by atoms with Crippen LogP contribution >= 0.6 is 11.3 Å². The summed E-state index contributed by atoms with van der Waals surface area (Å²) >= 11 is 1.64. The molecule has 1 amide bonds. The lowest BCUT2D eigenvalue weighted by atomic mass is 10.0. The molecule has 2 fully saturated rings. The number of fused-ring (bicyclic) bond motifs is 1. The minimum absolute atomic E-state index is 0.224. The van der Waals surface area contributed by atoms with Crippen molar-refractivity contribution in [2.45, 2.75) is 19.9 Å². The Kier molecular flexibility index (Phi) is 6.94. The maximum absolute atomic E-state index is 12.1. The van der Waals surface area contributed by atoms with Crippen molar-refractivity contribution >= 4 is 45.3 Å². The fourth-order valence-electron chi connectivity index (χ4n) is 4.72. The van der Waals surface area contributed by atoms with Gasteiger partial charge in [-0.3, -0.25) is 9.69 Å². The lowest BCUT2D eigenvalue weighted by Crippen LogP contribution is -2.48. The predicted octanol–water partition coefficient (Wildman–Crippen LogP) is 2.83. The Balaban J connectivity index is 1.53. The van der Waals surface area contributed by atoms with E-state index in [1.54, 1.807) is 11.3 Å². The van der Waals surface area contributed by atoms with Gasteiger partial charge in [-0.05, 0) is 11.4 Å². The average molecular weight is 494 g/mol. The molecule has 35 heavy (non-hydrogen) atoms. The van der Waals surface area contributed by atoms with Crippen LogP contribution in [0.25, 0.3) is 21.5 Å². The van der Waals surface area contributed by atoms with Crippen molar-refractivity contribution in [2.75, 3.05) is 63.1 Å². The first-order valence-corrected chi connectivity index (χ1v) is 13.0. The van der Waals surface area contributed by atoms with Gasteiger partial charge in [0.2, 0.25) is 11.9 Å². The summed E-state index contributed by atoms with van der Waals surface area (Å²) in [5, 5.41) is 10.1.